The van der Waals surface area contributed by atoms with E-state index in [1.165, 1.54) is 0 Å². The van der Waals surface area contributed by atoms with Gasteiger partial charge in [-0.1, -0.05) is 6.07 Å². The average molecular weight is 326 g/mol. The number of aromatic nitrogens is 2. The van der Waals surface area contributed by atoms with Crippen molar-refractivity contribution in [2.75, 3.05) is 5.73 Å². The van der Waals surface area contributed by atoms with Crippen molar-refractivity contribution in [3.8, 4) is 11.4 Å². The van der Waals surface area contributed by atoms with Gasteiger partial charge in [0.25, 0.3) is 0 Å². The van der Waals surface area contributed by atoms with E-state index in [4.69, 9.17) is 23.3 Å². The van der Waals surface area contributed by atoms with Crippen molar-refractivity contribution in [3.05, 3.63) is 42.7 Å². The third-order valence-corrected chi connectivity index (χ3v) is 1.71. The van der Waals surface area contributed by atoms with Gasteiger partial charge >= 0.3 is 16.8 Å². The minimum Gasteiger partial charge on any atom is -0.759 e. The second-order valence-electron chi connectivity index (χ2n) is 3.10. The summed E-state index contributed by atoms with van der Waals surface area (Å²) in [5.41, 5.74) is 7.98. The molecule has 9 heteroatoms. The second kappa shape index (κ2) is 7.81. The van der Waals surface area contributed by atoms with Crippen molar-refractivity contribution in [1.82, 2.24) is 9.97 Å². The first-order valence-corrected chi connectivity index (χ1v) is 5.99. The van der Waals surface area contributed by atoms with E-state index in [1.807, 2.05) is 24.3 Å². The zero-order chi connectivity index (χ0) is 13.6. The molecule has 2 rings (SSSR count). The smallest absolute Gasteiger partial charge is 0.759 e. The SMILES string of the molecule is Nc1ccnc(-c2ccccn2)c1.O=S(=O)([O-])[O-].[Co+2]. The molecule has 19 heavy (non-hydrogen) atoms. The third kappa shape index (κ3) is 8.24. The number of hydrogen-bond acceptors (Lipinski definition) is 7. The molecule has 0 bridgehead atoms. The molecule has 2 heterocycles. The molecule has 0 unspecified atom stereocenters. The number of pyridine rings is 2. The summed E-state index contributed by atoms with van der Waals surface area (Å²) in [6.45, 7) is 0. The molecule has 0 aliphatic carbocycles. The van der Waals surface area contributed by atoms with E-state index in [0.29, 0.717) is 5.69 Å². The second-order valence-corrected chi connectivity index (χ2v) is 3.91. The van der Waals surface area contributed by atoms with Gasteiger partial charge in [0.1, 0.15) is 0 Å². The molecule has 0 aliphatic rings. The summed E-state index contributed by atoms with van der Waals surface area (Å²) in [6.07, 6.45) is 3.42. The van der Waals surface area contributed by atoms with Crippen LogP contribution in [0.3, 0.4) is 0 Å². The molecular weight excluding hydrogens is 317 g/mol. The van der Waals surface area contributed by atoms with Gasteiger partial charge in [0.2, 0.25) is 0 Å². The Morgan fingerprint density at radius 1 is 1.00 bits per heavy atom. The molecule has 0 aliphatic heterocycles. The largest absolute Gasteiger partial charge is 2.00 e. The maximum Gasteiger partial charge on any atom is 2.00 e. The van der Waals surface area contributed by atoms with Gasteiger partial charge in [-0.15, -0.1) is 0 Å². The number of nitrogen functional groups attached to an aromatic ring is 1. The molecule has 2 aromatic rings. The quantitative estimate of drug-likeness (QED) is 0.592. The van der Waals surface area contributed by atoms with Gasteiger partial charge in [-0.3, -0.25) is 18.4 Å². The van der Waals surface area contributed by atoms with Crippen LogP contribution in [-0.2, 0) is 27.2 Å². The Bertz CT molecular complexity index is 599. The van der Waals surface area contributed by atoms with E-state index in [1.54, 1.807) is 18.5 Å². The average Bonchev–Trinajstić information content (AvgIpc) is 2.28. The predicted octanol–water partition coefficient (Wildman–Crippen LogP) is 0.385. The van der Waals surface area contributed by atoms with Crippen molar-refractivity contribution < 1.29 is 34.3 Å². The van der Waals surface area contributed by atoms with Crippen molar-refractivity contribution in [2.24, 2.45) is 0 Å². The van der Waals surface area contributed by atoms with E-state index in [9.17, 15) is 0 Å². The van der Waals surface area contributed by atoms with Gasteiger partial charge < -0.3 is 14.8 Å². The Labute approximate surface area is 120 Å². The van der Waals surface area contributed by atoms with Crippen LogP contribution in [0.25, 0.3) is 11.4 Å². The van der Waals surface area contributed by atoms with Crippen LogP contribution in [0.4, 0.5) is 5.69 Å². The monoisotopic (exact) mass is 326 g/mol. The van der Waals surface area contributed by atoms with E-state index in [-0.39, 0.29) is 16.8 Å². The molecular formula is C10H9CoN3O4S. The molecule has 0 spiro atoms. The van der Waals surface area contributed by atoms with Crippen molar-refractivity contribution >= 4 is 16.1 Å². The van der Waals surface area contributed by atoms with E-state index < -0.39 is 10.4 Å². The zero-order valence-corrected chi connectivity index (χ0v) is 11.2. The number of hydrogen-bond donors (Lipinski definition) is 1. The summed E-state index contributed by atoms with van der Waals surface area (Å²) in [7, 11) is -5.17. The minimum absolute atomic E-state index is 0. The molecule has 0 saturated heterocycles. The molecule has 2 aromatic heterocycles. The summed E-state index contributed by atoms with van der Waals surface area (Å²) in [5, 5.41) is 0. The van der Waals surface area contributed by atoms with Crippen LogP contribution in [0, 0.1) is 0 Å². The van der Waals surface area contributed by atoms with Crippen molar-refractivity contribution in [1.29, 1.82) is 0 Å². The van der Waals surface area contributed by atoms with Crippen LogP contribution >= 0.6 is 0 Å². The van der Waals surface area contributed by atoms with Gasteiger partial charge in [-0.05, 0) is 24.3 Å². The van der Waals surface area contributed by atoms with Crippen LogP contribution in [0.5, 0.6) is 0 Å². The maximum absolute atomic E-state index is 8.52. The zero-order valence-electron chi connectivity index (χ0n) is 9.39. The summed E-state index contributed by atoms with van der Waals surface area (Å²) in [6, 6.07) is 9.26. The first-order valence-electron chi connectivity index (χ1n) is 4.66. The molecule has 0 fully saturated rings. The molecule has 0 atom stereocenters. The summed E-state index contributed by atoms with van der Waals surface area (Å²) in [4.78, 5) is 8.34. The van der Waals surface area contributed by atoms with Gasteiger partial charge in [0.05, 0.1) is 11.4 Å². The topological polar surface area (TPSA) is 132 Å². The predicted molar refractivity (Wildman–Crippen MR) is 62.4 cm³/mol. The number of rotatable bonds is 1. The van der Waals surface area contributed by atoms with Crippen molar-refractivity contribution in [2.45, 2.75) is 0 Å². The van der Waals surface area contributed by atoms with Crippen LogP contribution in [0.1, 0.15) is 0 Å². The fraction of sp³-hybridized carbons (Fsp3) is 0. The molecule has 2 N–H and O–H groups in total. The Morgan fingerprint density at radius 2 is 1.58 bits per heavy atom. The molecule has 0 saturated carbocycles. The molecule has 0 amide bonds. The van der Waals surface area contributed by atoms with Crippen molar-refractivity contribution in [3.63, 3.8) is 0 Å². The fourth-order valence-electron chi connectivity index (χ4n) is 1.10. The first kappa shape index (κ1) is 17.5. The first-order chi connectivity index (χ1) is 8.36. The fourth-order valence-corrected chi connectivity index (χ4v) is 1.10. The standard InChI is InChI=1S/C10H9N3.Co.H2O4S/c11-8-4-6-13-10(7-8)9-3-1-2-5-12-9;;1-5(2,3)4/h1-7H,(H2,11,13);;(H2,1,2,3,4)/q;+2;/p-2. The minimum atomic E-state index is -5.17. The van der Waals surface area contributed by atoms with Crippen LogP contribution in [0.2, 0.25) is 0 Å². The van der Waals surface area contributed by atoms with E-state index in [2.05, 4.69) is 9.97 Å². The van der Waals surface area contributed by atoms with Crippen LogP contribution < -0.4 is 5.73 Å². The Kier molecular flexibility index (Phi) is 7.19. The Hall–Kier alpha value is -1.52. The van der Waals surface area contributed by atoms with Gasteiger partial charge in [-0.25, -0.2) is 0 Å². The Morgan fingerprint density at radius 3 is 2.05 bits per heavy atom. The number of nitrogens with zero attached hydrogens (tertiary/aromatic N) is 2. The van der Waals surface area contributed by atoms with Gasteiger partial charge in [0.15, 0.2) is 0 Å². The van der Waals surface area contributed by atoms with Gasteiger partial charge in [0, 0.05) is 28.5 Å². The van der Waals surface area contributed by atoms with E-state index >= 15 is 0 Å². The molecule has 1 radical (unpaired) electrons. The Balaban J connectivity index is 0.000000471. The number of nitrogens with two attached hydrogens (primary N) is 1. The van der Waals surface area contributed by atoms with Gasteiger partial charge in [-0.2, -0.15) is 0 Å². The summed E-state index contributed by atoms with van der Waals surface area (Å²) >= 11 is 0. The van der Waals surface area contributed by atoms with Crippen LogP contribution in [0.15, 0.2) is 42.7 Å². The molecule has 0 aromatic carbocycles. The van der Waals surface area contributed by atoms with Crippen LogP contribution in [-0.4, -0.2) is 27.5 Å². The number of anilines is 1. The molecule has 103 valence electrons. The normalized spacial score (nSPS) is 9.79. The summed E-state index contributed by atoms with van der Waals surface area (Å²) in [5.74, 6) is 0. The summed E-state index contributed by atoms with van der Waals surface area (Å²) < 4.78 is 34.1. The van der Waals surface area contributed by atoms with E-state index in [0.717, 1.165) is 11.4 Å². The third-order valence-electron chi connectivity index (χ3n) is 1.71. The maximum atomic E-state index is 8.52. The molecule has 7 nitrogen and oxygen atoms in total.